The van der Waals surface area contributed by atoms with Gasteiger partial charge in [0, 0.05) is 28.6 Å². The van der Waals surface area contributed by atoms with E-state index in [2.05, 4.69) is 50.0 Å². The van der Waals surface area contributed by atoms with Gasteiger partial charge in [0.1, 0.15) is 0 Å². The molecule has 0 fully saturated rings. The largest absolute Gasteiger partial charge is 0.336 e. The third-order valence-corrected chi connectivity index (χ3v) is 4.11. The number of thioether (sulfide) groups is 1. The Morgan fingerprint density at radius 1 is 1.26 bits per heavy atom. The molecule has 1 aromatic carbocycles. The molecule has 1 heterocycles. The molecule has 0 amide bonds. The van der Waals surface area contributed by atoms with E-state index in [1.807, 2.05) is 22.5 Å². The van der Waals surface area contributed by atoms with Crippen molar-refractivity contribution in [1.82, 2.24) is 9.55 Å². The van der Waals surface area contributed by atoms with E-state index < -0.39 is 0 Å². The molecule has 0 aliphatic heterocycles. The molecule has 0 saturated carbocycles. The summed E-state index contributed by atoms with van der Waals surface area (Å²) in [5, 5.41) is -0.0251. The molecule has 2 nitrogen and oxygen atoms in total. The van der Waals surface area contributed by atoms with Crippen LogP contribution in [-0.4, -0.2) is 14.3 Å². The monoisotopic (exact) mass is 294 g/mol. The molecule has 1 unspecified atom stereocenters. The molecule has 0 spiro atoms. The quantitative estimate of drug-likeness (QED) is 0.598. The summed E-state index contributed by atoms with van der Waals surface area (Å²) in [7, 11) is 0. The van der Waals surface area contributed by atoms with Gasteiger partial charge < -0.3 is 4.57 Å². The fraction of sp³-hybridized carbons (Fsp3) is 0.400. The van der Waals surface area contributed by atoms with Gasteiger partial charge in [0.25, 0.3) is 0 Å². The van der Waals surface area contributed by atoms with Gasteiger partial charge in [0.05, 0.1) is 11.7 Å². The molecule has 0 aliphatic carbocycles. The van der Waals surface area contributed by atoms with Crippen LogP contribution in [0.4, 0.5) is 0 Å². The maximum absolute atomic E-state index is 6.43. The second-order valence-corrected chi connectivity index (χ2v) is 7.94. The topological polar surface area (TPSA) is 17.8 Å². The van der Waals surface area contributed by atoms with E-state index in [4.69, 9.17) is 11.6 Å². The summed E-state index contributed by atoms with van der Waals surface area (Å²) in [6, 6.07) is 8.52. The molecule has 102 valence electrons. The summed E-state index contributed by atoms with van der Waals surface area (Å²) in [5.41, 5.74) is 1.15. The van der Waals surface area contributed by atoms with Gasteiger partial charge in [-0.3, -0.25) is 0 Å². The van der Waals surface area contributed by atoms with Crippen LogP contribution in [0.3, 0.4) is 0 Å². The number of hydrogen-bond donors (Lipinski definition) is 0. The Labute approximate surface area is 124 Å². The second kappa shape index (κ2) is 6.02. The zero-order chi connectivity index (χ0) is 13.9. The Bertz CT molecular complexity index is 500. The molecule has 19 heavy (non-hydrogen) atoms. The van der Waals surface area contributed by atoms with Crippen LogP contribution in [0, 0.1) is 0 Å². The fourth-order valence-corrected chi connectivity index (χ4v) is 3.07. The maximum Gasteiger partial charge on any atom is 0.0946 e. The maximum atomic E-state index is 6.43. The van der Waals surface area contributed by atoms with E-state index in [-0.39, 0.29) is 10.1 Å². The van der Waals surface area contributed by atoms with Crippen LogP contribution in [0.1, 0.15) is 31.7 Å². The molecule has 0 aliphatic rings. The third kappa shape index (κ3) is 4.59. The van der Waals surface area contributed by atoms with Gasteiger partial charge in [0.15, 0.2) is 0 Å². The smallest absolute Gasteiger partial charge is 0.0946 e. The number of aromatic nitrogens is 2. The number of halogens is 1. The highest BCUT2D eigenvalue weighted by Crippen LogP contribution is 2.33. The van der Waals surface area contributed by atoms with Crippen LogP contribution in [-0.2, 0) is 6.54 Å². The van der Waals surface area contributed by atoms with Crippen LogP contribution in [0.25, 0.3) is 0 Å². The van der Waals surface area contributed by atoms with Crippen LogP contribution < -0.4 is 0 Å². The van der Waals surface area contributed by atoms with Gasteiger partial charge in [-0.15, -0.1) is 23.4 Å². The molecule has 2 rings (SSSR count). The van der Waals surface area contributed by atoms with Crippen molar-refractivity contribution in [3.8, 4) is 0 Å². The van der Waals surface area contributed by atoms with Crippen molar-refractivity contribution in [3.63, 3.8) is 0 Å². The van der Waals surface area contributed by atoms with E-state index in [1.54, 1.807) is 12.5 Å². The van der Waals surface area contributed by atoms with Crippen molar-refractivity contribution in [2.75, 3.05) is 0 Å². The molecule has 2 aromatic rings. The van der Waals surface area contributed by atoms with E-state index in [1.165, 1.54) is 4.90 Å². The Balaban J connectivity index is 2.01. The lowest BCUT2D eigenvalue weighted by Gasteiger charge is -2.18. The second-order valence-electron chi connectivity index (χ2n) is 5.51. The molecule has 0 bridgehead atoms. The van der Waals surface area contributed by atoms with Crippen LogP contribution >= 0.6 is 23.4 Å². The summed E-state index contributed by atoms with van der Waals surface area (Å²) in [4.78, 5) is 5.30. The first-order valence-corrected chi connectivity index (χ1v) is 7.58. The van der Waals surface area contributed by atoms with E-state index in [0.29, 0.717) is 0 Å². The fourth-order valence-electron chi connectivity index (χ4n) is 1.78. The summed E-state index contributed by atoms with van der Waals surface area (Å²) >= 11 is 8.30. The molecular weight excluding hydrogens is 276 g/mol. The van der Waals surface area contributed by atoms with Gasteiger partial charge in [-0.2, -0.15) is 0 Å². The molecular formula is C15H19ClN2S. The first-order chi connectivity index (χ1) is 8.94. The predicted octanol–water partition coefficient (Wildman–Crippen LogP) is 4.75. The number of imidazole rings is 1. The Morgan fingerprint density at radius 3 is 2.47 bits per heavy atom. The minimum atomic E-state index is -0.0251. The van der Waals surface area contributed by atoms with Crippen LogP contribution in [0.15, 0.2) is 47.9 Å². The molecule has 0 saturated heterocycles. The van der Waals surface area contributed by atoms with Gasteiger partial charge in [-0.05, 0) is 17.7 Å². The normalized spacial score (nSPS) is 13.5. The zero-order valence-corrected chi connectivity index (χ0v) is 13.1. The zero-order valence-electron chi connectivity index (χ0n) is 11.5. The van der Waals surface area contributed by atoms with Gasteiger partial charge in [-0.25, -0.2) is 4.98 Å². The van der Waals surface area contributed by atoms with Gasteiger partial charge in [0.2, 0.25) is 0 Å². The van der Waals surface area contributed by atoms with Crippen molar-refractivity contribution >= 4 is 23.4 Å². The highest BCUT2D eigenvalue weighted by molar-refractivity contribution is 8.00. The Hall–Kier alpha value is -0.930. The summed E-state index contributed by atoms with van der Waals surface area (Å²) in [6.45, 7) is 7.40. The average Bonchev–Trinajstić information content (AvgIpc) is 2.80. The van der Waals surface area contributed by atoms with Crippen molar-refractivity contribution in [3.05, 3.63) is 48.5 Å². The molecule has 0 N–H and O–H groups in total. The minimum Gasteiger partial charge on any atom is -0.336 e. The number of alkyl halides is 1. The summed E-state index contributed by atoms with van der Waals surface area (Å²) < 4.78 is 2.23. The van der Waals surface area contributed by atoms with Crippen molar-refractivity contribution in [2.45, 2.75) is 42.3 Å². The standard InChI is InChI=1S/C15H19ClN2S/c1-15(2,3)19-13-6-4-12(5-7-13)14(16)10-18-9-8-17-11-18/h4-9,11,14H,10H2,1-3H3. The molecule has 1 atom stereocenters. The lowest BCUT2D eigenvalue weighted by atomic mass is 10.1. The first-order valence-electron chi connectivity index (χ1n) is 6.33. The average molecular weight is 295 g/mol. The lowest BCUT2D eigenvalue weighted by molar-refractivity contribution is 0.677. The first kappa shape index (κ1) is 14.5. The van der Waals surface area contributed by atoms with Gasteiger partial charge in [-0.1, -0.05) is 32.9 Å². The van der Waals surface area contributed by atoms with Crippen molar-refractivity contribution in [2.24, 2.45) is 0 Å². The molecule has 0 radical (unpaired) electrons. The third-order valence-electron chi connectivity index (χ3n) is 2.60. The Morgan fingerprint density at radius 2 is 1.95 bits per heavy atom. The number of rotatable bonds is 4. The van der Waals surface area contributed by atoms with E-state index >= 15 is 0 Å². The lowest BCUT2D eigenvalue weighted by Crippen LogP contribution is -2.06. The molecule has 1 aromatic heterocycles. The Kier molecular flexibility index (Phi) is 4.58. The van der Waals surface area contributed by atoms with E-state index in [9.17, 15) is 0 Å². The predicted molar refractivity (Wildman–Crippen MR) is 82.9 cm³/mol. The van der Waals surface area contributed by atoms with Crippen LogP contribution in [0.5, 0.6) is 0 Å². The number of hydrogen-bond acceptors (Lipinski definition) is 2. The molecule has 4 heteroatoms. The SMILES string of the molecule is CC(C)(C)Sc1ccc(C(Cl)Cn2ccnc2)cc1. The highest BCUT2D eigenvalue weighted by Gasteiger charge is 2.13. The highest BCUT2D eigenvalue weighted by atomic mass is 35.5. The summed E-state index contributed by atoms with van der Waals surface area (Å²) in [5.74, 6) is 0. The van der Waals surface area contributed by atoms with Crippen molar-refractivity contribution in [1.29, 1.82) is 0 Å². The number of benzene rings is 1. The number of nitrogens with zero attached hydrogens (tertiary/aromatic N) is 2. The van der Waals surface area contributed by atoms with Crippen molar-refractivity contribution < 1.29 is 0 Å². The minimum absolute atomic E-state index is 0.0251. The van der Waals surface area contributed by atoms with Crippen LogP contribution in [0.2, 0.25) is 0 Å². The van der Waals surface area contributed by atoms with E-state index in [0.717, 1.165) is 12.1 Å². The van der Waals surface area contributed by atoms with Gasteiger partial charge >= 0.3 is 0 Å². The summed E-state index contributed by atoms with van der Waals surface area (Å²) in [6.07, 6.45) is 5.49.